The van der Waals surface area contributed by atoms with Gasteiger partial charge in [0.2, 0.25) is 6.20 Å². The minimum absolute atomic E-state index is 0.335. The van der Waals surface area contributed by atoms with Crippen LogP contribution in [0, 0.1) is 10.1 Å². The molecule has 1 radical (unpaired) electrons. The predicted octanol–water partition coefficient (Wildman–Crippen LogP) is 0.840. The largest absolute Gasteiger partial charge is 0.259 e. The molecule has 0 aliphatic carbocycles. The first-order valence-electron chi connectivity index (χ1n) is 2.72. The second-order valence-corrected chi connectivity index (χ2v) is 1.56. The SMILES string of the molecule is [NH]CCC/C=C/[N+](=O)[O-]. The number of nitrogens with zero attached hydrogens (tertiary/aromatic N) is 1. The average molecular weight is 129 g/mol. The number of hydrogen-bond donors (Lipinski definition) is 0. The van der Waals surface area contributed by atoms with Crippen molar-refractivity contribution in [3.8, 4) is 0 Å². The summed E-state index contributed by atoms with van der Waals surface area (Å²) in [6, 6.07) is 0. The predicted molar refractivity (Wildman–Crippen MR) is 33.3 cm³/mol. The van der Waals surface area contributed by atoms with Gasteiger partial charge >= 0.3 is 0 Å². The first-order valence-corrected chi connectivity index (χ1v) is 2.72. The molecule has 0 heterocycles. The fourth-order valence-corrected chi connectivity index (χ4v) is 0.381. The number of unbranched alkanes of at least 4 members (excludes halogenated alkanes) is 1. The average Bonchev–Trinajstić information content (AvgIpc) is 1.80. The summed E-state index contributed by atoms with van der Waals surface area (Å²) in [6.45, 7) is 0.335. The molecule has 0 aromatic rings. The Labute approximate surface area is 53.5 Å². The van der Waals surface area contributed by atoms with E-state index >= 15 is 0 Å². The Morgan fingerprint density at radius 1 is 1.67 bits per heavy atom. The number of allylic oxidation sites excluding steroid dienone is 1. The van der Waals surface area contributed by atoms with Gasteiger partial charge in [0, 0.05) is 6.54 Å². The van der Waals surface area contributed by atoms with Crippen LogP contribution in [0.4, 0.5) is 0 Å². The van der Waals surface area contributed by atoms with E-state index in [0.29, 0.717) is 19.4 Å². The van der Waals surface area contributed by atoms with E-state index in [1.54, 1.807) is 0 Å². The maximum absolute atomic E-state index is 9.63. The molecule has 0 rings (SSSR count). The Balaban J connectivity index is 3.15. The van der Waals surface area contributed by atoms with Crippen LogP contribution < -0.4 is 5.73 Å². The molecule has 1 N–H and O–H groups in total. The fraction of sp³-hybridized carbons (Fsp3) is 0.600. The molecule has 51 valence electrons. The van der Waals surface area contributed by atoms with E-state index in [1.165, 1.54) is 6.08 Å². The van der Waals surface area contributed by atoms with Gasteiger partial charge in [-0.05, 0) is 18.9 Å². The Morgan fingerprint density at radius 3 is 2.78 bits per heavy atom. The molecule has 0 atom stereocenters. The lowest BCUT2D eigenvalue weighted by molar-refractivity contribution is -0.402. The fourth-order valence-electron chi connectivity index (χ4n) is 0.381. The van der Waals surface area contributed by atoms with Crippen LogP contribution in [0.15, 0.2) is 12.3 Å². The highest BCUT2D eigenvalue weighted by molar-refractivity contribution is 4.71. The second kappa shape index (κ2) is 5.24. The molecule has 0 unspecified atom stereocenters. The van der Waals surface area contributed by atoms with Crippen LogP contribution in [-0.4, -0.2) is 11.5 Å². The van der Waals surface area contributed by atoms with Crippen LogP contribution in [0.2, 0.25) is 0 Å². The number of nitro groups is 1. The van der Waals surface area contributed by atoms with Gasteiger partial charge in [0.05, 0.1) is 4.92 Å². The van der Waals surface area contributed by atoms with Crippen LogP contribution in [0.5, 0.6) is 0 Å². The molecule has 0 saturated carbocycles. The molecule has 9 heavy (non-hydrogen) atoms. The summed E-state index contributed by atoms with van der Waals surface area (Å²) in [5.41, 5.74) is 6.68. The molecule has 4 nitrogen and oxygen atoms in total. The molecule has 0 saturated heterocycles. The van der Waals surface area contributed by atoms with Crippen LogP contribution in [0.25, 0.3) is 0 Å². The van der Waals surface area contributed by atoms with Crippen molar-refractivity contribution in [2.75, 3.05) is 6.54 Å². The molecule has 0 fully saturated rings. The van der Waals surface area contributed by atoms with Crippen molar-refractivity contribution in [3.63, 3.8) is 0 Å². The van der Waals surface area contributed by atoms with Crippen LogP contribution in [-0.2, 0) is 0 Å². The summed E-state index contributed by atoms with van der Waals surface area (Å²) < 4.78 is 0. The highest BCUT2D eigenvalue weighted by Gasteiger charge is 1.83. The molecule has 0 aliphatic heterocycles. The van der Waals surface area contributed by atoms with Crippen molar-refractivity contribution in [3.05, 3.63) is 22.4 Å². The van der Waals surface area contributed by atoms with Gasteiger partial charge in [0.1, 0.15) is 0 Å². The Morgan fingerprint density at radius 2 is 2.33 bits per heavy atom. The minimum Gasteiger partial charge on any atom is -0.259 e. The molecule has 0 aromatic carbocycles. The lowest BCUT2D eigenvalue weighted by Gasteiger charge is -1.83. The van der Waals surface area contributed by atoms with Gasteiger partial charge in [-0.1, -0.05) is 0 Å². The molecular weight excluding hydrogens is 120 g/mol. The summed E-state index contributed by atoms with van der Waals surface area (Å²) >= 11 is 0. The first-order chi connectivity index (χ1) is 4.27. The molecule has 4 heteroatoms. The van der Waals surface area contributed by atoms with Crippen molar-refractivity contribution in [2.45, 2.75) is 12.8 Å². The zero-order valence-electron chi connectivity index (χ0n) is 5.04. The van der Waals surface area contributed by atoms with Crippen LogP contribution in [0.1, 0.15) is 12.8 Å². The van der Waals surface area contributed by atoms with Gasteiger partial charge in [0.25, 0.3) is 0 Å². The maximum Gasteiger partial charge on any atom is 0.230 e. The number of hydrogen-bond acceptors (Lipinski definition) is 2. The molecular formula is C5H9N2O2. The van der Waals surface area contributed by atoms with Gasteiger partial charge in [-0.15, -0.1) is 0 Å². The quantitative estimate of drug-likeness (QED) is 0.320. The highest BCUT2D eigenvalue weighted by Crippen LogP contribution is 1.87. The van der Waals surface area contributed by atoms with Crippen molar-refractivity contribution < 1.29 is 4.92 Å². The third kappa shape index (κ3) is 7.10. The molecule has 0 bridgehead atoms. The van der Waals surface area contributed by atoms with Crippen molar-refractivity contribution in [1.82, 2.24) is 5.73 Å². The number of nitrogens with one attached hydrogen (secondary N) is 1. The third-order valence-electron chi connectivity index (χ3n) is 0.775. The summed E-state index contributed by atoms with van der Waals surface area (Å²) in [5.74, 6) is 0. The van der Waals surface area contributed by atoms with Gasteiger partial charge in [-0.25, -0.2) is 0 Å². The summed E-state index contributed by atoms with van der Waals surface area (Å²) in [4.78, 5) is 9.14. The molecule has 0 spiro atoms. The zero-order valence-corrected chi connectivity index (χ0v) is 5.04. The molecule has 0 aliphatic rings. The second-order valence-electron chi connectivity index (χ2n) is 1.56. The Bertz CT molecular complexity index is 112. The van der Waals surface area contributed by atoms with E-state index in [-0.39, 0.29) is 0 Å². The summed E-state index contributed by atoms with van der Waals surface area (Å²) in [6.07, 6.45) is 3.71. The van der Waals surface area contributed by atoms with E-state index in [9.17, 15) is 10.1 Å². The third-order valence-corrected chi connectivity index (χ3v) is 0.775. The van der Waals surface area contributed by atoms with Crippen molar-refractivity contribution >= 4 is 0 Å². The van der Waals surface area contributed by atoms with E-state index in [4.69, 9.17) is 5.73 Å². The summed E-state index contributed by atoms with van der Waals surface area (Å²) in [7, 11) is 0. The van der Waals surface area contributed by atoms with Crippen molar-refractivity contribution in [1.29, 1.82) is 0 Å². The smallest absolute Gasteiger partial charge is 0.230 e. The Kier molecular flexibility index (Phi) is 4.72. The van der Waals surface area contributed by atoms with Crippen LogP contribution in [0.3, 0.4) is 0 Å². The highest BCUT2D eigenvalue weighted by atomic mass is 16.6. The van der Waals surface area contributed by atoms with Gasteiger partial charge in [0.15, 0.2) is 0 Å². The van der Waals surface area contributed by atoms with E-state index in [2.05, 4.69) is 0 Å². The van der Waals surface area contributed by atoms with Gasteiger partial charge < -0.3 is 0 Å². The lowest BCUT2D eigenvalue weighted by Crippen LogP contribution is -1.85. The zero-order chi connectivity index (χ0) is 7.11. The minimum atomic E-state index is -0.496. The van der Waals surface area contributed by atoms with Gasteiger partial charge in [-0.2, -0.15) is 0 Å². The molecule has 0 amide bonds. The standard InChI is InChI=1S/C5H9N2O2/c6-4-2-1-3-5-7(8)9/h3,5-6H,1-2,4H2/b5-3+. The topological polar surface area (TPSA) is 66.9 Å². The first kappa shape index (κ1) is 8.10. The summed E-state index contributed by atoms with van der Waals surface area (Å²) in [5, 5.41) is 9.63. The van der Waals surface area contributed by atoms with Crippen molar-refractivity contribution in [2.24, 2.45) is 0 Å². The van der Waals surface area contributed by atoms with E-state index < -0.39 is 4.92 Å². The lowest BCUT2D eigenvalue weighted by atomic mass is 10.3. The van der Waals surface area contributed by atoms with Crippen LogP contribution >= 0.6 is 0 Å². The maximum atomic E-state index is 9.63. The van der Waals surface area contributed by atoms with E-state index in [0.717, 1.165) is 6.20 Å². The van der Waals surface area contributed by atoms with E-state index in [1.807, 2.05) is 0 Å². The molecule has 0 aromatic heterocycles. The van der Waals surface area contributed by atoms with Gasteiger partial charge in [-0.3, -0.25) is 15.8 Å². The Hall–Kier alpha value is -0.900. The normalized spacial score (nSPS) is 10.3. The monoisotopic (exact) mass is 129 g/mol. The number of rotatable bonds is 4.